The van der Waals surface area contributed by atoms with E-state index < -0.39 is 0 Å². The number of piperidine rings is 1. The molecule has 132 valence electrons. The van der Waals surface area contributed by atoms with E-state index in [1.54, 1.807) is 6.07 Å². The highest BCUT2D eigenvalue weighted by Gasteiger charge is 2.28. The van der Waals surface area contributed by atoms with E-state index in [1.165, 1.54) is 4.90 Å². The molecule has 3 rings (SSSR count). The van der Waals surface area contributed by atoms with Gasteiger partial charge in [-0.05, 0) is 24.6 Å². The molecule has 1 atom stereocenters. The van der Waals surface area contributed by atoms with Crippen LogP contribution in [0.2, 0.25) is 0 Å². The molecule has 3 N–H and O–H groups in total. The molecule has 1 amide bonds. The highest BCUT2D eigenvalue weighted by molar-refractivity contribution is 5.79. The van der Waals surface area contributed by atoms with Crippen LogP contribution in [-0.2, 0) is 11.3 Å². The van der Waals surface area contributed by atoms with E-state index in [-0.39, 0.29) is 17.9 Å². The van der Waals surface area contributed by atoms with Gasteiger partial charge in [0, 0.05) is 24.3 Å². The number of hydrogen-bond donors (Lipinski definition) is 3. The van der Waals surface area contributed by atoms with Crippen molar-refractivity contribution in [3.05, 3.63) is 65.7 Å². The number of carbonyl (C=O) groups excluding carboxylic acids is 1. The van der Waals surface area contributed by atoms with Crippen LogP contribution in [0.15, 0.2) is 54.6 Å². The number of nitrogens with one attached hydrogen (secondary N) is 2. The molecule has 25 heavy (non-hydrogen) atoms. The minimum Gasteiger partial charge on any atom is -0.507 e. The highest BCUT2D eigenvalue weighted by Crippen LogP contribution is 2.17. The van der Waals surface area contributed by atoms with E-state index in [2.05, 4.69) is 5.32 Å². The normalized spacial score (nSPS) is 21.5. The van der Waals surface area contributed by atoms with Gasteiger partial charge in [-0.25, -0.2) is 0 Å². The minimum absolute atomic E-state index is 0.0420. The van der Waals surface area contributed by atoms with Crippen molar-refractivity contribution in [3.63, 3.8) is 0 Å². The lowest BCUT2D eigenvalue weighted by Gasteiger charge is -2.29. The van der Waals surface area contributed by atoms with Crippen molar-refractivity contribution in [3.8, 4) is 5.75 Å². The number of benzene rings is 2. The van der Waals surface area contributed by atoms with Crippen molar-refractivity contribution in [2.24, 2.45) is 5.92 Å². The fourth-order valence-electron chi connectivity index (χ4n) is 3.55. The Hall–Kier alpha value is -2.33. The molecule has 0 aromatic heterocycles. The van der Waals surface area contributed by atoms with Gasteiger partial charge in [0.25, 0.3) is 0 Å². The predicted octanol–water partition coefficient (Wildman–Crippen LogP) is 2.06. The molecule has 1 aliphatic rings. The van der Waals surface area contributed by atoms with Crippen LogP contribution in [0.1, 0.15) is 36.9 Å². The van der Waals surface area contributed by atoms with Gasteiger partial charge in [-0.2, -0.15) is 0 Å². The maximum atomic E-state index is 12.5. The Morgan fingerprint density at radius 2 is 1.76 bits per heavy atom. The summed E-state index contributed by atoms with van der Waals surface area (Å²) in [5, 5.41) is 13.1. The zero-order valence-corrected chi connectivity index (χ0v) is 14.7. The van der Waals surface area contributed by atoms with Gasteiger partial charge in [0.15, 0.2) is 0 Å². The van der Waals surface area contributed by atoms with Gasteiger partial charge < -0.3 is 15.3 Å². The molecule has 1 saturated heterocycles. The topological polar surface area (TPSA) is 53.8 Å². The molecule has 4 nitrogen and oxygen atoms in total. The van der Waals surface area contributed by atoms with Gasteiger partial charge in [0.05, 0.1) is 19.1 Å². The molecule has 0 spiro atoms. The minimum atomic E-state index is 0.0420. The lowest BCUT2D eigenvalue weighted by atomic mass is 9.94. The van der Waals surface area contributed by atoms with Gasteiger partial charge in [-0.1, -0.05) is 42.5 Å². The van der Waals surface area contributed by atoms with Crippen LogP contribution in [0.3, 0.4) is 0 Å². The summed E-state index contributed by atoms with van der Waals surface area (Å²) in [6.45, 7) is 4.78. The average molecular weight is 339 g/mol. The Labute approximate surface area is 149 Å². The van der Waals surface area contributed by atoms with Crippen LogP contribution < -0.4 is 10.2 Å². The number of hydrogen-bond acceptors (Lipinski definition) is 2. The number of quaternary nitrogens is 1. The SMILES string of the molecule is C[C@@H](NC(=O)C1CC[NH+](Cc2ccccc2O)CC1)c1ccccc1. The monoisotopic (exact) mass is 339 g/mol. The van der Waals surface area contributed by atoms with E-state index in [0.717, 1.165) is 43.6 Å². The molecule has 2 aromatic rings. The smallest absolute Gasteiger partial charge is 0.224 e. The number of rotatable bonds is 5. The standard InChI is InChI=1S/C21H26N2O2/c1-16(17-7-3-2-4-8-17)22-21(25)18-11-13-23(14-12-18)15-19-9-5-6-10-20(19)24/h2-10,16,18,24H,11-15H2,1H3,(H,22,25)/p+1/t16-/m1/s1. The van der Waals surface area contributed by atoms with Crippen molar-refractivity contribution < 1.29 is 14.8 Å². The summed E-state index contributed by atoms with van der Waals surface area (Å²) in [4.78, 5) is 14.0. The lowest BCUT2D eigenvalue weighted by Crippen LogP contribution is -3.11. The Morgan fingerprint density at radius 1 is 1.12 bits per heavy atom. The van der Waals surface area contributed by atoms with E-state index >= 15 is 0 Å². The molecule has 2 aromatic carbocycles. The van der Waals surface area contributed by atoms with Crippen molar-refractivity contribution in [2.75, 3.05) is 13.1 Å². The number of aromatic hydroxyl groups is 1. The summed E-state index contributed by atoms with van der Waals surface area (Å²) < 4.78 is 0. The van der Waals surface area contributed by atoms with Crippen LogP contribution in [0.25, 0.3) is 0 Å². The quantitative estimate of drug-likeness (QED) is 0.781. The van der Waals surface area contributed by atoms with Gasteiger partial charge in [0.2, 0.25) is 5.91 Å². The Morgan fingerprint density at radius 3 is 2.44 bits per heavy atom. The Bertz CT molecular complexity index is 694. The number of likely N-dealkylation sites (tertiary alicyclic amines) is 1. The third-order valence-corrected chi connectivity index (χ3v) is 5.15. The Kier molecular flexibility index (Phi) is 5.71. The van der Waals surface area contributed by atoms with Crippen LogP contribution in [0.4, 0.5) is 0 Å². The number of phenolic OH excluding ortho intramolecular Hbond substituents is 1. The first kappa shape index (κ1) is 17.5. The fourth-order valence-corrected chi connectivity index (χ4v) is 3.55. The number of amides is 1. The van der Waals surface area contributed by atoms with Gasteiger partial charge in [-0.15, -0.1) is 0 Å². The van der Waals surface area contributed by atoms with E-state index in [4.69, 9.17) is 0 Å². The maximum absolute atomic E-state index is 12.5. The zero-order chi connectivity index (χ0) is 17.6. The molecular formula is C21H27N2O2+. The third-order valence-electron chi connectivity index (χ3n) is 5.15. The van der Waals surface area contributed by atoms with Gasteiger partial charge in [-0.3, -0.25) is 4.79 Å². The van der Waals surface area contributed by atoms with Crippen molar-refractivity contribution in [2.45, 2.75) is 32.4 Å². The molecular weight excluding hydrogens is 312 g/mol. The molecule has 0 bridgehead atoms. The molecule has 1 heterocycles. The number of phenols is 1. The van der Waals surface area contributed by atoms with E-state index in [1.807, 2.05) is 55.5 Å². The number of para-hydroxylation sites is 1. The van der Waals surface area contributed by atoms with Crippen LogP contribution in [0.5, 0.6) is 5.75 Å². The summed E-state index contributed by atoms with van der Waals surface area (Å²) in [5.74, 6) is 0.629. The second kappa shape index (κ2) is 8.17. The summed E-state index contributed by atoms with van der Waals surface area (Å²) in [6.07, 6.45) is 1.80. The molecule has 1 aliphatic heterocycles. The fraction of sp³-hybridized carbons (Fsp3) is 0.381. The summed E-state index contributed by atoms with van der Waals surface area (Å²) in [7, 11) is 0. The van der Waals surface area contributed by atoms with Gasteiger partial charge in [0.1, 0.15) is 12.3 Å². The second-order valence-corrected chi connectivity index (χ2v) is 6.97. The highest BCUT2D eigenvalue weighted by atomic mass is 16.3. The summed E-state index contributed by atoms with van der Waals surface area (Å²) in [6, 6.07) is 17.6. The van der Waals surface area contributed by atoms with Crippen LogP contribution in [-0.4, -0.2) is 24.1 Å². The first-order valence-corrected chi connectivity index (χ1v) is 9.09. The average Bonchev–Trinajstić information content (AvgIpc) is 2.65. The Balaban J connectivity index is 1.48. The second-order valence-electron chi connectivity index (χ2n) is 6.97. The van der Waals surface area contributed by atoms with Gasteiger partial charge >= 0.3 is 0 Å². The lowest BCUT2D eigenvalue weighted by molar-refractivity contribution is -0.919. The van der Waals surface area contributed by atoms with Crippen LogP contribution in [0, 0.1) is 5.92 Å². The van der Waals surface area contributed by atoms with E-state index in [9.17, 15) is 9.90 Å². The summed E-state index contributed by atoms with van der Waals surface area (Å²) in [5.41, 5.74) is 2.12. The van der Waals surface area contributed by atoms with Crippen LogP contribution >= 0.6 is 0 Å². The van der Waals surface area contributed by atoms with Crippen molar-refractivity contribution in [1.29, 1.82) is 0 Å². The molecule has 4 heteroatoms. The molecule has 0 radical (unpaired) electrons. The van der Waals surface area contributed by atoms with E-state index in [0.29, 0.717) is 5.75 Å². The molecule has 1 fully saturated rings. The molecule has 0 aliphatic carbocycles. The molecule has 0 unspecified atom stereocenters. The zero-order valence-electron chi connectivity index (χ0n) is 14.7. The van der Waals surface area contributed by atoms with Crippen molar-refractivity contribution in [1.82, 2.24) is 5.32 Å². The number of carbonyl (C=O) groups is 1. The van der Waals surface area contributed by atoms with Crippen molar-refractivity contribution >= 4 is 5.91 Å². The first-order valence-electron chi connectivity index (χ1n) is 9.09. The molecule has 0 saturated carbocycles. The third kappa shape index (κ3) is 4.60. The predicted molar refractivity (Wildman–Crippen MR) is 98.2 cm³/mol. The summed E-state index contributed by atoms with van der Waals surface area (Å²) >= 11 is 0. The first-order chi connectivity index (χ1) is 12.1. The maximum Gasteiger partial charge on any atom is 0.224 e. The largest absolute Gasteiger partial charge is 0.507 e.